The maximum absolute atomic E-state index is 12.5. The molecule has 0 saturated heterocycles. The summed E-state index contributed by atoms with van der Waals surface area (Å²) in [5.41, 5.74) is 2.24. The van der Waals surface area contributed by atoms with E-state index in [1.54, 1.807) is 0 Å². The summed E-state index contributed by atoms with van der Waals surface area (Å²) in [5, 5.41) is 0. The molecule has 0 bridgehead atoms. The fourth-order valence-electron chi connectivity index (χ4n) is 2.69. The van der Waals surface area contributed by atoms with Gasteiger partial charge in [0.2, 0.25) is 0 Å². The number of anilines is 1. The highest BCUT2D eigenvalue weighted by Gasteiger charge is 2.30. The van der Waals surface area contributed by atoms with Crippen LogP contribution in [-0.4, -0.2) is 18.6 Å². The van der Waals surface area contributed by atoms with Crippen LogP contribution in [0.5, 0.6) is 5.75 Å². The molecule has 1 aliphatic rings. The number of para-hydroxylation sites is 1. The van der Waals surface area contributed by atoms with Crippen LogP contribution < -0.4 is 9.64 Å². The molecule has 0 fully saturated rings. The minimum Gasteiger partial charge on any atom is -0.484 e. The summed E-state index contributed by atoms with van der Waals surface area (Å²) in [5.74, 6) is 0.731. The van der Waals surface area contributed by atoms with Gasteiger partial charge in [0, 0.05) is 15.3 Å². The second-order valence-electron chi connectivity index (χ2n) is 5.19. The van der Waals surface area contributed by atoms with Gasteiger partial charge in [-0.3, -0.25) is 4.79 Å². The van der Waals surface area contributed by atoms with Gasteiger partial charge in [0.1, 0.15) is 5.75 Å². The van der Waals surface area contributed by atoms with Crippen molar-refractivity contribution in [3.05, 3.63) is 57.7 Å². The quantitative estimate of drug-likeness (QED) is 0.746. The molecular formula is C17H16INO2. The molecule has 0 radical (unpaired) electrons. The standard InChI is InChI=1S/C17H16INO2/c1-12-10-13-4-2-3-5-16(13)19(12)17(20)11-21-15-8-6-14(18)7-9-15/h2-9,12H,10-11H2,1H3. The SMILES string of the molecule is CC1Cc2ccccc2N1C(=O)COc1ccc(I)cc1. The Hall–Kier alpha value is -1.56. The molecule has 0 aliphatic carbocycles. The second kappa shape index (κ2) is 6.05. The van der Waals surface area contributed by atoms with E-state index in [1.807, 2.05) is 47.4 Å². The van der Waals surface area contributed by atoms with Gasteiger partial charge in [-0.1, -0.05) is 18.2 Å². The third-order valence-corrected chi connectivity index (χ3v) is 4.37. The zero-order valence-electron chi connectivity index (χ0n) is 11.8. The van der Waals surface area contributed by atoms with E-state index < -0.39 is 0 Å². The van der Waals surface area contributed by atoms with E-state index in [4.69, 9.17) is 4.74 Å². The Kier molecular flexibility index (Phi) is 4.14. The van der Waals surface area contributed by atoms with Gasteiger partial charge in [0.25, 0.3) is 5.91 Å². The summed E-state index contributed by atoms with van der Waals surface area (Å²) in [6.45, 7) is 2.14. The fraction of sp³-hybridized carbons (Fsp3) is 0.235. The zero-order valence-corrected chi connectivity index (χ0v) is 13.9. The van der Waals surface area contributed by atoms with Gasteiger partial charge >= 0.3 is 0 Å². The second-order valence-corrected chi connectivity index (χ2v) is 6.43. The van der Waals surface area contributed by atoms with Gasteiger partial charge in [0.05, 0.1) is 0 Å². The van der Waals surface area contributed by atoms with E-state index in [2.05, 4.69) is 35.6 Å². The smallest absolute Gasteiger partial charge is 0.265 e. The summed E-state index contributed by atoms with van der Waals surface area (Å²) in [6, 6.07) is 16.0. The van der Waals surface area contributed by atoms with Crippen LogP contribution in [0.4, 0.5) is 5.69 Å². The summed E-state index contributed by atoms with van der Waals surface area (Å²) in [4.78, 5) is 14.3. The predicted molar refractivity (Wildman–Crippen MR) is 91.7 cm³/mol. The van der Waals surface area contributed by atoms with Gasteiger partial charge < -0.3 is 9.64 Å². The third-order valence-electron chi connectivity index (χ3n) is 3.65. The molecule has 0 spiro atoms. The first-order valence-electron chi connectivity index (χ1n) is 6.93. The summed E-state index contributed by atoms with van der Waals surface area (Å²) < 4.78 is 6.75. The lowest BCUT2D eigenvalue weighted by atomic mass is 10.1. The van der Waals surface area contributed by atoms with Crippen LogP contribution in [0.3, 0.4) is 0 Å². The van der Waals surface area contributed by atoms with Crippen molar-refractivity contribution in [1.82, 2.24) is 0 Å². The Morgan fingerprint density at radius 3 is 2.71 bits per heavy atom. The predicted octanol–water partition coefficient (Wildman–Crippen LogP) is 3.65. The molecule has 2 aromatic carbocycles. The number of rotatable bonds is 3. The molecule has 1 aliphatic heterocycles. The number of carbonyl (C=O) groups excluding carboxylic acids is 1. The van der Waals surface area contributed by atoms with Crippen LogP contribution in [-0.2, 0) is 11.2 Å². The lowest BCUT2D eigenvalue weighted by molar-refractivity contribution is -0.120. The van der Waals surface area contributed by atoms with Crippen LogP contribution in [0, 0.1) is 3.57 Å². The Labute approximate surface area is 138 Å². The Morgan fingerprint density at radius 1 is 1.24 bits per heavy atom. The highest BCUT2D eigenvalue weighted by atomic mass is 127. The molecule has 0 aromatic heterocycles. The van der Waals surface area contributed by atoms with Crippen molar-refractivity contribution in [3.8, 4) is 5.75 Å². The molecular weight excluding hydrogens is 377 g/mol. The van der Waals surface area contributed by atoms with Gasteiger partial charge in [-0.05, 0) is 71.8 Å². The van der Waals surface area contributed by atoms with Gasteiger partial charge in [-0.2, -0.15) is 0 Å². The zero-order chi connectivity index (χ0) is 14.8. The molecule has 1 amide bonds. The van der Waals surface area contributed by atoms with E-state index in [0.29, 0.717) is 0 Å². The summed E-state index contributed by atoms with van der Waals surface area (Å²) >= 11 is 2.24. The van der Waals surface area contributed by atoms with Crippen LogP contribution in [0.15, 0.2) is 48.5 Å². The van der Waals surface area contributed by atoms with Crippen LogP contribution in [0.1, 0.15) is 12.5 Å². The first-order chi connectivity index (χ1) is 10.1. The van der Waals surface area contributed by atoms with Crippen molar-refractivity contribution in [2.24, 2.45) is 0 Å². The van der Waals surface area contributed by atoms with E-state index in [9.17, 15) is 4.79 Å². The number of nitrogens with zero attached hydrogens (tertiary/aromatic N) is 1. The van der Waals surface area contributed by atoms with Crippen LogP contribution in [0.25, 0.3) is 0 Å². The van der Waals surface area contributed by atoms with E-state index in [0.717, 1.165) is 21.4 Å². The molecule has 1 atom stereocenters. The summed E-state index contributed by atoms with van der Waals surface area (Å²) in [6.07, 6.45) is 0.908. The Balaban J connectivity index is 1.70. The number of carbonyl (C=O) groups is 1. The molecule has 1 unspecified atom stereocenters. The number of hydrogen-bond acceptors (Lipinski definition) is 2. The fourth-order valence-corrected chi connectivity index (χ4v) is 3.05. The van der Waals surface area contributed by atoms with Crippen molar-refractivity contribution in [2.45, 2.75) is 19.4 Å². The van der Waals surface area contributed by atoms with Gasteiger partial charge in [0.15, 0.2) is 6.61 Å². The first-order valence-corrected chi connectivity index (χ1v) is 8.01. The molecule has 108 valence electrons. The highest BCUT2D eigenvalue weighted by molar-refractivity contribution is 14.1. The number of amides is 1. The van der Waals surface area contributed by atoms with Crippen LogP contribution >= 0.6 is 22.6 Å². The minimum absolute atomic E-state index is 0.00556. The molecule has 3 nitrogen and oxygen atoms in total. The highest BCUT2D eigenvalue weighted by Crippen LogP contribution is 2.31. The van der Waals surface area contributed by atoms with Crippen molar-refractivity contribution in [2.75, 3.05) is 11.5 Å². The Morgan fingerprint density at radius 2 is 1.95 bits per heavy atom. The van der Waals surface area contributed by atoms with Crippen molar-refractivity contribution >= 4 is 34.2 Å². The number of fused-ring (bicyclic) bond motifs is 1. The molecule has 2 aromatic rings. The largest absolute Gasteiger partial charge is 0.484 e. The topological polar surface area (TPSA) is 29.5 Å². The van der Waals surface area contributed by atoms with Crippen molar-refractivity contribution in [3.63, 3.8) is 0 Å². The molecule has 0 saturated carbocycles. The van der Waals surface area contributed by atoms with Gasteiger partial charge in [-0.15, -0.1) is 0 Å². The number of halogens is 1. The molecule has 3 rings (SSSR count). The number of ether oxygens (including phenoxy) is 1. The molecule has 1 heterocycles. The van der Waals surface area contributed by atoms with E-state index in [1.165, 1.54) is 5.56 Å². The molecule has 0 N–H and O–H groups in total. The number of benzene rings is 2. The van der Waals surface area contributed by atoms with E-state index >= 15 is 0 Å². The molecule has 21 heavy (non-hydrogen) atoms. The average molecular weight is 393 g/mol. The minimum atomic E-state index is 0.00556. The lowest BCUT2D eigenvalue weighted by Crippen LogP contribution is -2.39. The maximum Gasteiger partial charge on any atom is 0.265 e. The van der Waals surface area contributed by atoms with E-state index in [-0.39, 0.29) is 18.6 Å². The van der Waals surface area contributed by atoms with Crippen LogP contribution in [0.2, 0.25) is 0 Å². The maximum atomic E-state index is 12.5. The normalized spacial score (nSPS) is 16.7. The summed E-state index contributed by atoms with van der Waals surface area (Å²) in [7, 11) is 0. The number of hydrogen-bond donors (Lipinski definition) is 0. The van der Waals surface area contributed by atoms with Gasteiger partial charge in [-0.25, -0.2) is 0 Å². The lowest BCUT2D eigenvalue weighted by Gasteiger charge is -2.22. The van der Waals surface area contributed by atoms with Crippen molar-refractivity contribution in [1.29, 1.82) is 0 Å². The first kappa shape index (κ1) is 14.4. The van der Waals surface area contributed by atoms with Crippen molar-refractivity contribution < 1.29 is 9.53 Å². The Bertz CT molecular complexity index is 654. The average Bonchev–Trinajstić information content (AvgIpc) is 2.82. The third kappa shape index (κ3) is 3.05. The molecule has 4 heteroatoms. The monoisotopic (exact) mass is 393 g/mol.